The van der Waals surface area contributed by atoms with Gasteiger partial charge >= 0.3 is 0 Å². The lowest BCUT2D eigenvalue weighted by molar-refractivity contribution is -0.122. The van der Waals surface area contributed by atoms with Crippen molar-refractivity contribution in [1.29, 1.82) is 0 Å². The zero-order valence-electron chi connectivity index (χ0n) is 11.1. The molecule has 0 aliphatic carbocycles. The van der Waals surface area contributed by atoms with Crippen molar-refractivity contribution in [2.45, 2.75) is 25.8 Å². The molecule has 1 aromatic carbocycles. The highest BCUT2D eigenvalue weighted by Gasteiger charge is 2.40. The second kappa shape index (κ2) is 4.68. The molecule has 2 saturated heterocycles. The number of hydrogen-bond donors (Lipinski definition) is 1. The first-order chi connectivity index (χ1) is 9.20. The quantitative estimate of drug-likeness (QED) is 0.818. The van der Waals surface area contributed by atoms with Crippen LogP contribution in [-0.4, -0.2) is 31.3 Å². The number of carbonyl (C=O) groups is 2. The van der Waals surface area contributed by atoms with Crippen molar-refractivity contribution in [3.63, 3.8) is 0 Å². The van der Waals surface area contributed by atoms with Crippen LogP contribution in [0.1, 0.15) is 28.8 Å². The lowest BCUT2D eigenvalue weighted by Gasteiger charge is -2.38. The minimum atomic E-state index is 0.125. The minimum Gasteiger partial charge on any atom is -0.366 e. The second-order valence-electron chi connectivity index (χ2n) is 5.41. The van der Waals surface area contributed by atoms with Gasteiger partial charge in [0, 0.05) is 24.3 Å². The Hall–Kier alpha value is -1.84. The number of benzene rings is 1. The van der Waals surface area contributed by atoms with Gasteiger partial charge in [0.2, 0.25) is 5.91 Å². The summed E-state index contributed by atoms with van der Waals surface area (Å²) >= 11 is 0. The van der Waals surface area contributed by atoms with Crippen LogP contribution in [0.3, 0.4) is 0 Å². The molecule has 2 aliphatic rings. The van der Waals surface area contributed by atoms with Crippen LogP contribution in [0.5, 0.6) is 0 Å². The summed E-state index contributed by atoms with van der Waals surface area (Å²) in [5.74, 6) is 0.315. The van der Waals surface area contributed by atoms with Gasteiger partial charge in [-0.3, -0.25) is 9.59 Å². The summed E-state index contributed by atoms with van der Waals surface area (Å²) in [6.07, 6.45) is 2.92. The van der Waals surface area contributed by atoms with E-state index >= 15 is 0 Å². The monoisotopic (exact) mass is 258 g/mol. The Kier molecular flexibility index (Phi) is 3.01. The van der Waals surface area contributed by atoms with E-state index in [9.17, 15) is 9.59 Å². The topological polar surface area (TPSA) is 49.4 Å². The maximum atomic E-state index is 11.8. The first-order valence-electron chi connectivity index (χ1n) is 6.81. The number of piperidine rings is 1. The standard InChI is InChI=1S/C15H18N2O2/c1-10-7-12(5-4-11(10)9-18)17-6-2-3-13-14(17)8-16-15(13)19/h4-5,7,9,13-14H,2-3,6,8H2,1H3,(H,16,19). The van der Waals surface area contributed by atoms with Crippen LogP contribution in [0, 0.1) is 12.8 Å². The average Bonchev–Trinajstić information content (AvgIpc) is 2.80. The first kappa shape index (κ1) is 12.2. The van der Waals surface area contributed by atoms with Crippen LogP contribution < -0.4 is 10.2 Å². The Balaban J connectivity index is 1.91. The second-order valence-corrected chi connectivity index (χ2v) is 5.41. The van der Waals surface area contributed by atoms with Gasteiger partial charge < -0.3 is 10.2 Å². The summed E-state index contributed by atoms with van der Waals surface area (Å²) in [5.41, 5.74) is 2.85. The van der Waals surface area contributed by atoms with Gasteiger partial charge in [0.25, 0.3) is 0 Å². The lowest BCUT2D eigenvalue weighted by Crippen LogP contribution is -2.45. The summed E-state index contributed by atoms with van der Waals surface area (Å²) < 4.78 is 0. The number of hydrogen-bond acceptors (Lipinski definition) is 3. The van der Waals surface area contributed by atoms with Gasteiger partial charge in [-0.05, 0) is 43.5 Å². The molecule has 2 atom stereocenters. The average molecular weight is 258 g/mol. The number of carbonyl (C=O) groups excluding carboxylic acids is 2. The molecule has 19 heavy (non-hydrogen) atoms. The SMILES string of the molecule is Cc1cc(N2CCCC3C(=O)NCC32)ccc1C=O. The van der Waals surface area contributed by atoms with Crippen molar-refractivity contribution in [2.24, 2.45) is 5.92 Å². The third-order valence-corrected chi connectivity index (χ3v) is 4.31. The molecule has 0 spiro atoms. The number of aryl methyl sites for hydroxylation is 1. The van der Waals surface area contributed by atoms with Crippen LogP contribution in [0.15, 0.2) is 18.2 Å². The number of aldehydes is 1. The molecule has 2 aliphatic heterocycles. The van der Waals surface area contributed by atoms with E-state index in [0.717, 1.165) is 49.0 Å². The zero-order valence-corrected chi connectivity index (χ0v) is 11.1. The lowest BCUT2D eigenvalue weighted by atomic mass is 9.91. The first-order valence-corrected chi connectivity index (χ1v) is 6.81. The van der Waals surface area contributed by atoms with E-state index in [1.807, 2.05) is 19.1 Å². The molecule has 0 saturated carbocycles. The Morgan fingerprint density at radius 1 is 1.42 bits per heavy atom. The fraction of sp³-hybridized carbons (Fsp3) is 0.467. The molecular formula is C15H18N2O2. The van der Waals surface area contributed by atoms with Crippen molar-refractivity contribution in [1.82, 2.24) is 5.32 Å². The van der Waals surface area contributed by atoms with Crippen molar-refractivity contribution in [2.75, 3.05) is 18.0 Å². The van der Waals surface area contributed by atoms with Gasteiger partial charge in [-0.1, -0.05) is 0 Å². The Morgan fingerprint density at radius 2 is 2.26 bits per heavy atom. The molecular weight excluding hydrogens is 240 g/mol. The Morgan fingerprint density at radius 3 is 3.00 bits per heavy atom. The van der Waals surface area contributed by atoms with Gasteiger partial charge in [-0.2, -0.15) is 0 Å². The van der Waals surface area contributed by atoms with E-state index in [1.54, 1.807) is 0 Å². The molecule has 1 amide bonds. The fourth-order valence-corrected chi connectivity index (χ4v) is 3.24. The molecule has 3 rings (SSSR count). The number of amides is 1. The number of anilines is 1. The van der Waals surface area contributed by atoms with Crippen molar-refractivity contribution < 1.29 is 9.59 Å². The summed E-state index contributed by atoms with van der Waals surface area (Å²) in [6, 6.07) is 6.17. The van der Waals surface area contributed by atoms with Gasteiger partial charge in [0.15, 0.2) is 0 Å². The largest absolute Gasteiger partial charge is 0.366 e. The maximum absolute atomic E-state index is 11.8. The summed E-state index contributed by atoms with van der Waals surface area (Å²) in [4.78, 5) is 25.0. The molecule has 100 valence electrons. The van der Waals surface area contributed by atoms with Gasteiger partial charge in [0.1, 0.15) is 6.29 Å². The Labute approximate surface area is 112 Å². The molecule has 0 radical (unpaired) electrons. The van der Waals surface area contributed by atoms with Gasteiger partial charge in [-0.25, -0.2) is 0 Å². The van der Waals surface area contributed by atoms with Gasteiger partial charge in [-0.15, -0.1) is 0 Å². The molecule has 0 aromatic heterocycles. The van der Waals surface area contributed by atoms with Crippen molar-refractivity contribution >= 4 is 17.9 Å². The van der Waals surface area contributed by atoms with E-state index in [-0.39, 0.29) is 17.9 Å². The van der Waals surface area contributed by atoms with Crippen LogP contribution in [0.25, 0.3) is 0 Å². The predicted molar refractivity (Wildman–Crippen MR) is 73.4 cm³/mol. The third kappa shape index (κ3) is 2.01. The summed E-state index contributed by atoms with van der Waals surface area (Å²) in [6.45, 7) is 3.67. The number of fused-ring (bicyclic) bond motifs is 1. The Bertz CT molecular complexity index is 527. The van der Waals surface area contributed by atoms with Crippen LogP contribution in [-0.2, 0) is 4.79 Å². The molecule has 0 bridgehead atoms. The molecule has 1 N–H and O–H groups in total. The molecule has 4 heteroatoms. The maximum Gasteiger partial charge on any atom is 0.225 e. The van der Waals surface area contributed by atoms with Crippen molar-refractivity contribution in [3.05, 3.63) is 29.3 Å². The number of nitrogens with zero attached hydrogens (tertiary/aromatic N) is 1. The normalized spacial score (nSPS) is 25.9. The number of rotatable bonds is 2. The molecule has 2 unspecified atom stereocenters. The summed E-state index contributed by atoms with van der Waals surface area (Å²) in [5, 5.41) is 2.96. The third-order valence-electron chi connectivity index (χ3n) is 4.31. The van der Waals surface area contributed by atoms with E-state index in [0.29, 0.717) is 0 Å². The highest BCUT2D eigenvalue weighted by molar-refractivity contribution is 5.83. The van der Waals surface area contributed by atoms with Crippen LogP contribution in [0.4, 0.5) is 5.69 Å². The van der Waals surface area contributed by atoms with Crippen molar-refractivity contribution in [3.8, 4) is 0 Å². The van der Waals surface area contributed by atoms with E-state index in [4.69, 9.17) is 0 Å². The molecule has 1 aromatic rings. The smallest absolute Gasteiger partial charge is 0.225 e. The number of nitrogens with one attached hydrogen (secondary N) is 1. The highest BCUT2D eigenvalue weighted by Crippen LogP contribution is 2.32. The van der Waals surface area contributed by atoms with Crippen LogP contribution >= 0.6 is 0 Å². The zero-order chi connectivity index (χ0) is 13.4. The van der Waals surface area contributed by atoms with E-state index in [1.165, 1.54) is 0 Å². The predicted octanol–water partition coefficient (Wildman–Crippen LogP) is 1.52. The van der Waals surface area contributed by atoms with Gasteiger partial charge in [0.05, 0.1) is 12.0 Å². The molecule has 4 nitrogen and oxygen atoms in total. The van der Waals surface area contributed by atoms with E-state index < -0.39 is 0 Å². The molecule has 2 fully saturated rings. The minimum absolute atomic E-state index is 0.125. The fourth-order valence-electron chi connectivity index (χ4n) is 3.24. The highest BCUT2D eigenvalue weighted by atomic mass is 16.2. The summed E-state index contributed by atoms with van der Waals surface area (Å²) in [7, 11) is 0. The van der Waals surface area contributed by atoms with Crippen LogP contribution in [0.2, 0.25) is 0 Å². The molecule has 2 heterocycles. The van der Waals surface area contributed by atoms with E-state index in [2.05, 4.69) is 16.3 Å².